The van der Waals surface area contributed by atoms with Crippen LogP contribution in [0, 0.1) is 0 Å². The fourth-order valence-corrected chi connectivity index (χ4v) is 3.74. The monoisotopic (exact) mass is 399 g/mol. The number of hydrogen-bond acceptors (Lipinski definition) is 4. The van der Waals surface area contributed by atoms with E-state index in [2.05, 4.69) is 12.2 Å². The highest BCUT2D eigenvalue weighted by atomic mass is 35.5. The topological polar surface area (TPSA) is 55.4 Å². The molecule has 0 saturated heterocycles. The number of carbonyl (C=O) groups excluding carboxylic acids is 2. The molecule has 6 heteroatoms. The molecule has 2 aromatic carbocycles. The number of anilines is 1. The number of methoxy groups -OCH3 is 1. The van der Waals surface area contributed by atoms with Gasteiger partial charge < -0.3 is 10.1 Å². The average molecular weight is 400 g/mol. The maximum Gasteiger partial charge on any atom is 0.341 e. The van der Waals surface area contributed by atoms with Gasteiger partial charge in [-0.25, -0.2) is 4.79 Å². The number of rotatable bonds is 5. The van der Waals surface area contributed by atoms with Gasteiger partial charge in [0, 0.05) is 21.5 Å². The smallest absolute Gasteiger partial charge is 0.341 e. The summed E-state index contributed by atoms with van der Waals surface area (Å²) in [4.78, 5) is 24.9. The van der Waals surface area contributed by atoms with Crippen LogP contribution in [-0.2, 0) is 11.2 Å². The van der Waals surface area contributed by atoms with Crippen LogP contribution in [0.3, 0.4) is 0 Å². The van der Waals surface area contributed by atoms with Crippen molar-refractivity contribution in [2.45, 2.75) is 13.3 Å². The van der Waals surface area contributed by atoms with Crippen molar-refractivity contribution in [3.05, 3.63) is 75.6 Å². The zero-order valence-electron chi connectivity index (χ0n) is 14.9. The molecule has 0 aliphatic heterocycles. The second-order valence-corrected chi connectivity index (χ2v) is 7.17. The second kappa shape index (κ2) is 8.37. The summed E-state index contributed by atoms with van der Waals surface area (Å²) < 4.78 is 4.94. The summed E-state index contributed by atoms with van der Waals surface area (Å²) in [6.45, 7) is 2.09. The molecule has 3 rings (SSSR count). The minimum absolute atomic E-state index is 0.313. The number of nitrogens with one attached hydrogen (secondary N) is 1. The van der Waals surface area contributed by atoms with Crippen LogP contribution in [0.25, 0.3) is 11.1 Å². The van der Waals surface area contributed by atoms with Crippen molar-refractivity contribution in [2.24, 2.45) is 0 Å². The Balaban J connectivity index is 1.95. The van der Waals surface area contributed by atoms with Gasteiger partial charge in [0.1, 0.15) is 10.6 Å². The average Bonchev–Trinajstić information content (AvgIpc) is 3.11. The van der Waals surface area contributed by atoms with Crippen LogP contribution in [0.15, 0.2) is 53.9 Å². The summed E-state index contributed by atoms with van der Waals surface area (Å²) in [7, 11) is 1.33. The summed E-state index contributed by atoms with van der Waals surface area (Å²) >= 11 is 7.16. The van der Waals surface area contributed by atoms with E-state index in [1.165, 1.54) is 24.0 Å². The van der Waals surface area contributed by atoms with Crippen LogP contribution >= 0.6 is 22.9 Å². The molecule has 0 radical (unpaired) electrons. The van der Waals surface area contributed by atoms with Crippen molar-refractivity contribution >= 4 is 39.8 Å². The Bertz CT molecular complexity index is 962. The zero-order valence-corrected chi connectivity index (χ0v) is 16.5. The predicted molar refractivity (Wildman–Crippen MR) is 110 cm³/mol. The molecule has 0 atom stereocenters. The Labute approximate surface area is 166 Å². The van der Waals surface area contributed by atoms with E-state index in [1.54, 1.807) is 24.3 Å². The molecule has 1 N–H and O–H groups in total. The first-order chi connectivity index (χ1) is 13.0. The molecule has 0 spiro atoms. The highest BCUT2D eigenvalue weighted by molar-refractivity contribution is 7.15. The Kier molecular flexibility index (Phi) is 5.94. The Hall–Kier alpha value is -2.63. The normalized spacial score (nSPS) is 10.5. The molecule has 3 aromatic rings. The molecule has 1 aromatic heterocycles. The first kappa shape index (κ1) is 19.1. The van der Waals surface area contributed by atoms with Gasteiger partial charge in [0.15, 0.2) is 0 Å². The molecule has 0 fully saturated rings. The van der Waals surface area contributed by atoms with Crippen molar-refractivity contribution in [2.75, 3.05) is 12.4 Å². The lowest BCUT2D eigenvalue weighted by Gasteiger charge is -2.08. The summed E-state index contributed by atoms with van der Waals surface area (Å²) in [6, 6.07) is 14.6. The highest BCUT2D eigenvalue weighted by Crippen LogP contribution is 2.36. The lowest BCUT2D eigenvalue weighted by atomic mass is 10.0. The number of ether oxygens (including phenoxy) is 1. The number of benzene rings is 2. The maximum atomic E-state index is 12.5. The molecule has 4 nitrogen and oxygen atoms in total. The Morgan fingerprint density at radius 2 is 1.74 bits per heavy atom. The van der Waals surface area contributed by atoms with Crippen LogP contribution in [0.1, 0.15) is 33.2 Å². The van der Waals surface area contributed by atoms with Gasteiger partial charge in [-0.2, -0.15) is 0 Å². The lowest BCUT2D eigenvalue weighted by Crippen LogP contribution is -2.14. The standard InChI is InChI=1S/C21H18ClNO3S/c1-3-13-4-6-14(7-5-13)17-12-27-20(18(17)21(25)26-2)23-19(24)15-8-10-16(22)11-9-15/h4-12H,3H2,1-2H3,(H,23,24). The van der Waals surface area contributed by atoms with Gasteiger partial charge in [0.05, 0.1) is 7.11 Å². The van der Waals surface area contributed by atoms with Crippen LogP contribution in [0.2, 0.25) is 5.02 Å². The van der Waals surface area contributed by atoms with Crippen molar-refractivity contribution in [3.8, 4) is 11.1 Å². The molecule has 0 aliphatic carbocycles. The first-order valence-corrected chi connectivity index (χ1v) is 9.65. The van der Waals surface area contributed by atoms with Gasteiger partial charge in [-0.1, -0.05) is 42.8 Å². The third kappa shape index (κ3) is 4.21. The largest absolute Gasteiger partial charge is 0.465 e. The first-order valence-electron chi connectivity index (χ1n) is 8.39. The number of carbonyl (C=O) groups is 2. The minimum Gasteiger partial charge on any atom is -0.465 e. The predicted octanol–water partition coefficient (Wildman–Crippen LogP) is 5.67. The third-order valence-electron chi connectivity index (χ3n) is 4.19. The fourth-order valence-electron chi connectivity index (χ4n) is 2.66. The van der Waals surface area contributed by atoms with E-state index in [9.17, 15) is 9.59 Å². The highest BCUT2D eigenvalue weighted by Gasteiger charge is 2.22. The van der Waals surface area contributed by atoms with E-state index in [0.29, 0.717) is 21.2 Å². The number of amides is 1. The number of halogens is 1. The molecule has 0 saturated carbocycles. The number of hydrogen-bond donors (Lipinski definition) is 1. The molecule has 0 unspecified atom stereocenters. The Morgan fingerprint density at radius 3 is 2.33 bits per heavy atom. The molecular weight excluding hydrogens is 382 g/mol. The van der Waals surface area contributed by atoms with Gasteiger partial charge in [-0.05, 0) is 41.8 Å². The van der Waals surface area contributed by atoms with Crippen LogP contribution in [-0.4, -0.2) is 19.0 Å². The van der Waals surface area contributed by atoms with Gasteiger partial charge in [-0.15, -0.1) is 11.3 Å². The van der Waals surface area contributed by atoms with Gasteiger partial charge in [0.25, 0.3) is 5.91 Å². The van der Waals surface area contributed by atoms with Crippen LogP contribution in [0.4, 0.5) is 5.00 Å². The zero-order chi connectivity index (χ0) is 19.4. The second-order valence-electron chi connectivity index (χ2n) is 5.86. The fraction of sp³-hybridized carbons (Fsp3) is 0.143. The molecule has 27 heavy (non-hydrogen) atoms. The van der Waals surface area contributed by atoms with E-state index >= 15 is 0 Å². The van der Waals surface area contributed by atoms with E-state index in [0.717, 1.165) is 17.5 Å². The lowest BCUT2D eigenvalue weighted by molar-refractivity contribution is 0.0603. The van der Waals surface area contributed by atoms with Gasteiger partial charge in [0.2, 0.25) is 0 Å². The number of esters is 1. The summed E-state index contributed by atoms with van der Waals surface area (Å²) in [5.74, 6) is -0.802. The van der Waals surface area contributed by atoms with E-state index in [-0.39, 0.29) is 5.91 Å². The van der Waals surface area contributed by atoms with Crippen molar-refractivity contribution in [1.29, 1.82) is 0 Å². The van der Waals surface area contributed by atoms with E-state index in [4.69, 9.17) is 16.3 Å². The summed E-state index contributed by atoms with van der Waals surface area (Å²) in [6.07, 6.45) is 0.941. The van der Waals surface area contributed by atoms with Gasteiger partial charge in [-0.3, -0.25) is 4.79 Å². The third-order valence-corrected chi connectivity index (χ3v) is 5.33. The van der Waals surface area contributed by atoms with Crippen molar-refractivity contribution < 1.29 is 14.3 Å². The minimum atomic E-state index is -0.489. The van der Waals surface area contributed by atoms with Crippen LogP contribution in [0.5, 0.6) is 0 Å². The summed E-state index contributed by atoms with van der Waals surface area (Å²) in [5, 5.41) is 5.67. The maximum absolute atomic E-state index is 12.5. The summed E-state index contributed by atoms with van der Waals surface area (Å²) in [5.41, 5.74) is 3.66. The molecule has 138 valence electrons. The van der Waals surface area contributed by atoms with Crippen LogP contribution < -0.4 is 5.32 Å². The van der Waals surface area contributed by atoms with Crippen molar-refractivity contribution in [3.63, 3.8) is 0 Å². The molecule has 1 heterocycles. The molecule has 0 bridgehead atoms. The molecular formula is C21H18ClNO3S. The molecule has 0 aliphatic rings. The van der Waals surface area contributed by atoms with E-state index in [1.807, 2.05) is 29.6 Å². The number of aryl methyl sites for hydroxylation is 1. The Morgan fingerprint density at radius 1 is 1.07 bits per heavy atom. The van der Waals surface area contributed by atoms with Gasteiger partial charge >= 0.3 is 5.97 Å². The number of thiophene rings is 1. The molecule has 1 amide bonds. The van der Waals surface area contributed by atoms with E-state index < -0.39 is 5.97 Å². The quantitative estimate of drug-likeness (QED) is 0.562. The SMILES string of the molecule is CCc1ccc(-c2csc(NC(=O)c3ccc(Cl)cc3)c2C(=O)OC)cc1. The van der Waals surface area contributed by atoms with Crippen molar-refractivity contribution in [1.82, 2.24) is 0 Å².